The van der Waals surface area contributed by atoms with Gasteiger partial charge in [0.2, 0.25) is 0 Å². The van der Waals surface area contributed by atoms with Crippen LogP contribution in [0, 0.1) is 26.6 Å². The molecule has 0 radical (unpaired) electrons. The minimum absolute atomic E-state index is 0.231. The molecule has 2 rings (SSSR count). The number of nitrogens with two attached hydrogens (primary N) is 1. The van der Waals surface area contributed by atoms with E-state index in [1.807, 2.05) is 26.0 Å². The smallest absolute Gasteiger partial charge is 0.126 e. The number of hydrazine groups is 1. The van der Waals surface area contributed by atoms with Crippen LogP contribution >= 0.6 is 0 Å². The quantitative estimate of drug-likeness (QED) is 0.648. The lowest BCUT2D eigenvalue weighted by Crippen LogP contribution is -2.29. The average Bonchev–Trinajstić information content (AvgIpc) is 2.64. The first-order valence-electron chi connectivity index (χ1n) is 5.82. The molecule has 2 aromatic rings. The highest BCUT2D eigenvalue weighted by molar-refractivity contribution is 5.36. The lowest BCUT2D eigenvalue weighted by Gasteiger charge is -2.16. The minimum atomic E-state index is -0.266. The number of benzene rings is 1. The topological polar surface area (TPSA) is 51.2 Å². The Hall–Kier alpha value is -1.65. The molecule has 4 heteroatoms. The monoisotopic (exact) mass is 248 g/mol. The molecular weight excluding hydrogens is 231 g/mol. The van der Waals surface area contributed by atoms with Gasteiger partial charge in [-0.2, -0.15) is 0 Å². The second kappa shape index (κ2) is 4.92. The van der Waals surface area contributed by atoms with Crippen LogP contribution in [0.3, 0.4) is 0 Å². The molecule has 0 spiro atoms. The molecule has 3 nitrogen and oxygen atoms in total. The van der Waals surface area contributed by atoms with Gasteiger partial charge in [0.15, 0.2) is 0 Å². The summed E-state index contributed by atoms with van der Waals surface area (Å²) in [5, 5.41) is 0. The second-order valence-electron chi connectivity index (χ2n) is 4.48. The summed E-state index contributed by atoms with van der Waals surface area (Å²) in [6.07, 6.45) is 0. The fourth-order valence-corrected chi connectivity index (χ4v) is 2.09. The Morgan fingerprint density at radius 3 is 2.44 bits per heavy atom. The van der Waals surface area contributed by atoms with Crippen LogP contribution < -0.4 is 11.3 Å². The largest absolute Gasteiger partial charge is 0.466 e. The summed E-state index contributed by atoms with van der Waals surface area (Å²) in [6, 6.07) is 6.76. The van der Waals surface area contributed by atoms with Crippen molar-refractivity contribution in [1.29, 1.82) is 0 Å². The number of hydrogen-bond donors (Lipinski definition) is 2. The first-order valence-corrected chi connectivity index (χ1v) is 5.82. The third kappa shape index (κ3) is 2.30. The number of hydrogen-bond acceptors (Lipinski definition) is 3. The van der Waals surface area contributed by atoms with E-state index < -0.39 is 0 Å². The van der Waals surface area contributed by atoms with E-state index in [0.29, 0.717) is 5.56 Å². The van der Waals surface area contributed by atoms with E-state index in [-0.39, 0.29) is 11.9 Å². The molecule has 0 amide bonds. The van der Waals surface area contributed by atoms with Gasteiger partial charge in [-0.05, 0) is 44.0 Å². The van der Waals surface area contributed by atoms with Gasteiger partial charge in [0.05, 0.1) is 6.04 Å². The maximum Gasteiger partial charge on any atom is 0.126 e. The molecule has 0 saturated heterocycles. The Morgan fingerprint density at radius 1 is 1.22 bits per heavy atom. The fraction of sp³-hybridized carbons (Fsp3) is 0.286. The predicted octanol–water partition coefficient (Wildman–Crippen LogP) is 2.90. The van der Waals surface area contributed by atoms with Gasteiger partial charge in [-0.3, -0.25) is 5.84 Å². The summed E-state index contributed by atoms with van der Waals surface area (Å²) in [4.78, 5) is 0. The molecule has 0 saturated carbocycles. The highest BCUT2D eigenvalue weighted by atomic mass is 19.1. The Kier molecular flexibility index (Phi) is 3.50. The van der Waals surface area contributed by atoms with Crippen molar-refractivity contribution in [3.8, 4) is 0 Å². The van der Waals surface area contributed by atoms with Crippen LogP contribution in [0.1, 0.15) is 34.3 Å². The Labute approximate surface area is 106 Å². The summed E-state index contributed by atoms with van der Waals surface area (Å²) < 4.78 is 19.1. The third-order valence-electron chi connectivity index (χ3n) is 3.09. The van der Waals surface area contributed by atoms with E-state index in [1.165, 1.54) is 6.07 Å². The molecule has 0 aliphatic rings. The summed E-state index contributed by atoms with van der Waals surface area (Å²) in [7, 11) is 0. The molecular formula is C14H17FN2O. The van der Waals surface area contributed by atoms with Crippen molar-refractivity contribution >= 4 is 0 Å². The van der Waals surface area contributed by atoms with Gasteiger partial charge in [-0.1, -0.05) is 12.1 Å². The molecule has 96 valence electrons. The number of halogens is 1. The summed E-state index contributed by atoms with van der Waals surface area (Å²) in [6.45, 7) is 5.48. The van der Waals surface area contributed by atoms with Crippen molar-refractivity contribution in [3.63, 3.8) is 0 Å². The van der Waals surface area contributed by atoms with Crippen LogP contribution in [0.4, 0.5) is 4.39 Å². The Bertz CT molecular complexity index is 563. The van der Waals surface area contributed by atoms with Crippen molar-refractivity contribution in [2.45, 2.75) is 26.8 Å². The van der Waals surface area contributed by atoms with Crippen LogP contribution in [0.25, 0.3) is 0 Å². The van der Waals surface area contributed by atoms with Crippen molar-refractivity contribution in [2.24, 2.45) is 5.84 Å². The standard InChI is InChI=1S/C14H17FN2O/c1-8-4-5-11(7-13(8)15)14(17-16)12-6-9(2)18-10(12)3/h4-7,14,17H,16H2,1-3H3. The van der Waals surface area contributed by atoms with E-state index in [9.17, 15) is 4.39 Å². The van der Waals surface area contributed by atoms with Gasteiger partial charge in [0, 0.05) is 5.56 Å². The molecule has 18 heavy (non-hydrogen) atoms. The lowest BCUT2D eigenvalue weighted by molar-refractivity contribution is 0.494. The van der Waals surface area contributed by atoms with E-state index >= 15 is 0 Å². The number of rotatable bonds is 3. The summed E-state index contributed by atoms with van der Waals surface area (Å²) >= 11 is 0. The van der Waals surface area contributed by atoms with Crippen molar-refractivity contribution in [2.75, 3.05) is 0 Å². The molecule has 0 fully saturated rings. The van der Waals surface area contributed by atoms with Gasteiger partial charge in [0.1, 0.15) is 17.3 Å². The molecule has 0 aliphatic heterocycles. The zero-order valence-electron chi connectivity index (χ0n) is 10.8. The van der Waals surface area contributed by atoms with Crippen LogP contribution in [0.5, 0.6) is 0 Å². The minimum Gasteiger partial charge on any atom is -0.466 e. The SMILES string of the molecule is Cc1cc(C(NN)c2ccc(C)c(F)c2)c(C)o1. The van der Waals surface area contributed by atoms with Gasteiger partial charge >= 0.3 is 0 Å². The van der Waals surface area contributed by atoms with Gasteiger partial charge in [-0.25, -0.2) is 9.82 Å². The van der Waals surface area contributed by atoms with Crippen molar-refractivity contribution in [3.05, 3.63) is 58.3 Å². The zero-order chi connectivity index (χ0) is 13.3. The molecule has 0 aliphatic carbocycles. The molecule has 3 N–H and O–H groups in total. The van der Waals surface area contributed by atoms with E-state index in [0.717, 1.165) is 22.6 Å². The predicted molar refractivity (Wildman–Crippen MR) is 68.5 cm³/mol. The first-order chi connectivity index (χ1) is 8.52. The van der Waals surface area contributed by atoms with Gasteiger partial charge in [-0.15, -0.1) is 0 Å². The molecule has 1 aromatic carbocycles. The third-order valence-corrected chi connectivity index (χ3v) is 3.09. The van der Waals surface area contributed by atoms with Crippen molar-refractivity contribution < 1.29 is 8.81 Å². The van der Waals surface area contributed by atoms with Gasteiger partial charge < -0.3 is 4.42 Å². The van der Waals surface area contributed by atoms with Crippen LogP contribution in [-0.2, 0) is 0 Å². The van der Waals surface area contributed by atoms with Crippen LogP contribution in [0.15, 0.2) is 28.7 Å². The van der Waals surface area contributed by atoms with Crippen LogP contribution in [-0.4, -0.2) is 0 Å². The number of nitrogens with one attached hydrogen (secondary N) is 1. The number of furan rings is 1. The maximum atomic E-state index is 13.6. The zero-order valence-corrected chi connectivity index (χ0v) is 10.8. The summed E-state index contributed by atoms with van der Waals surface area (Å²) in [5.74, 6) is 6.96. The van der Waals surface area contributed by atoms with Crippen LogP contribution in [0.2, 0.25) is 0 Å². The lowest BCUT2D eigenvalue weighted by atomic mass is 9.98. The fourth-order valence-electron chi connectivity index (χ4n) is 2.09. The Morgan fingerprint density at radius 2 is 1.94 bits per heavy atom. The first kappa shape index (κ1) is 12.8. The maximum absolute atomic E-state index is 13.6. The highest BCUT2D eigenvalue weighted by Gasteiger charge is 2.18. The highest BCUT2D eigenvalue weighted by Crippen LogP contribution is 2.27. The molecule has 1 heterocycles. The molecule has 1 unspecified atom stereocenters. The second-order valence-corrected chi connectivity index (χ2v) is 4.48. The van der Waals surface area contributed by atoms with Crippen molar-refractivity contribution in [1.82, 2.24) is 5.43 Å². The average molecular weight is 248 g/mol. The summed E-state index contributed by atoms with van der Waals surface area (Å²) in [5.41, 5.74) is 5.04. The number of aryl methyl sites for hydroxylation is 3. The molecule has 1 atom stereocenters. The van der Waals surface area contributed by atoms with E-state index in [1.54, 1.807) is 13.0 Å². The van der Waals surface area contributed by atoms with Gasteiger partial charge in [0.25, 0.3) is 0 Å². The molecule has 1 aromatic heterocycles. The van der Waals surface area contributed by atoms with E-state index in [2.05, 4.69) is 5.43 Å². The molecule has 0 bridgehead atoms. The normalized spacial score (nSPS) is 12.7. The Balaban J connectivity index is 2.45. The van der Waals surface area contributed by atoms with E-state index in [4.69, 9.17) is 10.3 Å².